The van der Waals surface area contributed by atoms with Crippen molar-refractivity contribution in [3.05, 3.63) is 59.4 Å². The lowest BCUT2D eigenvalue weighted by atomic mass is 10.1. The van der Waals surface area contributed by atoms with E-state index in [1.807, 2.05) is 0 Å². The Balaban J connectivity index is 1.88. The van der Waals surface area contributed by atoms with Crippen molar-refractivity contribution in [1.29, 1.82) is 0 Å². The number of nitrogens with two attached hydrogens (primary N) is 1. The lowest BCUT2D eigenvalue weighted by Gasteiger charge is -2.07. The van der Waals surface area contributed by atoms with Crippen LogP contribution in [0, 0.1) is 0 Å². The highest BCUT2D eigenvalue weighted by Crippen LogP contribution is 2.12. The van der Waals surface area contributed by atoms with E-state index in [1.54, 1.807) is 18.2 Å². The molecule has 140 valence electrons. The molecular weight excluding hydrogens is 370 g/mol. The lowest BCUT2D eigenvalue weighted by molar-refractivity contribution is -0.142. The minimum atomic E-state index is -0.507. The van der Waals surface area contributed by atoms with Crippen LogP contribution in [0.1, 0.15) is 26.4 Å². The number of ether oxygens (including phenoxy) is 2. The van der Waals surface area contributed by atoms with Gasteiger partial charge in [-0.15, -0.1) is 0 Å². The number of aromatic nitrogens is 1. The van der Waals surface area contributed by atoms with E-state index in [9.17, 15) is 14.4 Å². The van der Waals surface area contributed by atoms with Gasteiger partial charge in [0.05, 0.1) is 13.7 Å². The molecule has 2 aromatic rings. The number of nitrogens with zero attached hydrogens (tertiary/aromatic N) is 1. The molecule has 0 unspecified atom stereocenters. The second-order valence-electron chi connectivity index (χ2n) is 5.29. The fourth-order valence-electron chi connectivity index (χ4n) is 1.97. The van der Waals surface area contributed by atoms with E-state index in [-0.39, 0.29) is 29.6 Å². The number of pyridine rings is 1. The van der Waals surface area contributed by atoms with Crippen LogP contribution in [0.5, 0.6) is 5.75 Å². The molecule has 0 aliphatic carbocycles. The summed E-state index contributed by atoms with van der Waals surface area (Å²) >= 11 is 4.82. The summed E-state index contributed by atoms with van der Waals surface area (Å²) in [4.78, 5) is 39.4. The second-order valence-corrected chi connectivity index (χ2v) is 5.73. The van der Waals surface area contributed by atoms with Crippen molar-refractivity contribution >= 4 is 34.9 Å². The molecule has 27 heavy (non-hydrogen) atoms. The van der Waals surface area contributed by atoms with Gasteiger partial charge in [0.1, 0.15) is 16.4 Å². The number of carbonyl (C=O) groups excluding carboxylic acids is 3. The van der Waals surface area contributed by atoms with Gasteiger partial charge < -0.3 is 20.5 Å². The Morgan fingerprint density at radius 3 is 2.33 bits per heavy atom. The fourth-order valence-corrected chi connectivity index (χ4v) is 2.09. The number of esters is 1. The third-order valence-corrected chi connectivity index (χ3v) is 3.69. The van der Waals surface area contributed by atoms with Crippen molar-refractivity contribution in [1.82, 2.24) is 10.3 Å². The standard InChI is InChI=1S/C18H17N3O5S/c1-25-16(23)10-26-13-5-2-11(3-6-13)15(22)9-21-18(24)14-7-4-12(8-20-14)17(19)27/h2-8H,9-10H2,1H3,(H2,19,27)(H,21,24). The largest absolute Gasteiger partial charge is 0.482 e. The molecular formula is C18H17N3O5S. The van der Waals surface area contributed by atoms with Gasteiger partial charge in [0, 0.05) is 17.3 Å². The molecule has 0 fully saturated rings. The Hall–Kier alpha value is -3.33. The molecule has 0 saturated carbocycles. The number of carbonyl (C=O) groups is 3. The van der Waals surface area contributed by atoms with Crippen molar-refractivity contribution in [3.63, 3.8) is 0 Å². The summed E-state index contributed by atoms with van der Waals surface area (Å²) in [6.45, 7) is -0.416. The van der Waals surface area contributed by atoms with Crippen LogP contribution in [0.15, 0.2) is 42.6 Å². The van der Waals surface area contributed by atoms with Crippen LogP contribution in [0.4, 0.5) is 0 Å². The molecule has 0 bridgehead atoms. The average Bonchev–Trinajstić information content (AvgIpc) is 2.70. The molecule has 8 nitrogen and oxygen atoms in total. The van der Waals surface area contributed by atoms with Gasteiger partial charge in [0.2, 0.25) is 0 Å². The summed E-state index contributed by atoms with van der Waals surface area (Å²) < 4.78 is 9.66. The van der Waals surface area contributed by atoms with Gasteiger partial charge in [0.15, 0.2) is 12.4 Å². The number of hydrogen-bond acceptors (Lipinski definition) is 7. The first-order valence-electron chi connectivity index (χ1n) is 7.77. The van der Waals surface area contributed by atoms with E-state index >= 15 is 0 Å². The van der Waals surface area contributed by atoms with Crippen LogP contribution in [0.3, 0.4) is 0 Å². The smallest absolute Gasteiger partial charge is 0.343 e. The summed E-state index contributed by atoms with van der Waals surface area (Å²) in [5.74, 6) is -0.866. The maximum Gasteiger partial charge on any atom is 0.343 e. The molecule has 1 heterocycles. The Morgan fingerprint density at radius 1 is 1.11 bits per heavy atom. The summed E-state index contributed by atoms with van der Waals surface area (Å²) in [7, 11) is 1.26. The summed E-state index contributed by atoms with van der Waals surface area (Å²) in [5.41, 5.74) is 6.55. The summed E-state index contributed by atoms with van der Waals surface area (Å²) in [5, 5.41) is 2.50. The predicted molar refractivity (Wildman–Crippen MR) is 101 cm³/mol. The maximum absolute atomic E-state index is 12.2. The zero-order chi connectivity index (χ0) is 19.8. The average molecular weight is 387 g/mol. The van der Waals surface area contributed by atoms with Crippen LogP contribution in [0.2, 0.25) is 0 Å². The van der Waals surface area contributed by atoms with E-state index in [0.29, 0.717) is 16.9 Å². The molecule has 0 saturated heterocycles. The van der Waals surface area contributed by atoms with Gasteiger partial charge in [-0.05, 0) is 36.4 Å². The molecule has 0 aliphatic heterocycles. The Kier molecular flexibility index (Phi) is 6.95. The van der Waals surface area contributed by atoms with E-state index in [0.717, 1.165) is 0 Å². The minimum absolute atomic E-state index is 0.148. The van der Waals surface area contributed by atoms with Gasteiger partial charge in [-0.1, -0.05) is 12.2 Å². The Bertz CT molecular complexity index is 850. The highest BCUT2D eigenvalue weighted by molar-refractivity contribution is 7.80. The van der Waals surface area contributed by atoms with Crippen LogP contribution < -0.4 is 15.8 Å². The molecule has 1 amide bonds. The molecule has 1 aromatic carbocycles. The number of Topliss-reactive ketones (excluding diaryl/α,β-unsaturated/α-hetero) is 1. The van der Waals surface area contributed by atoms with Crippen LogP contribution in [0.25, 0.3) is 0 Å². The molecule has 9 heteroatoms. The first-order valence-corrected chi connectivity index (χ1v) is 8.18. The van der Waals surface area contributed by atoms with Crippen LogP contribution in [-0.4, -0.2) is 47.9 Å². The topological polar surface area (TPSA) is 121 Å². The van der Waals surface area contributed by atoms with Crippen LogP contribution >= 0.6 is 12.2 Å². The number of nitrogens with one attached hydrogen (secondary N) is 1. The lowest BCUT2D eigenvalue weighted by Crippen LogP contribution is -2.30. The van der Waals surface area contributed by atoms with E-state index < -0.39 is 11.9 Å². The quantitative estimate of drug-likeness (QED) is 0.389. The molecule has 2 rings (SSSR count). The number of thiocarbonyl (C=S) groups is 1. The normalized spacial score (nSPS) is 9.96. The predicted octanol–water partition coefficient (Wildman–Crippen LogP) is 0.880. The first kappa shape index (κ1) is 20.0. The third kappa shape index (κ3) is 5.86. The number of hydrogen-bond donors (Lipinski definition) is 2. The number of methoxy groups -OCH3 is 1. The highest BCUT2D eigenvalue weighted by atomic mass is 32.1. The number of ketones is 1. The molecule has 0 aliphatic rings. The van der Waals surface area contributed by atoms with Crippen molar-refractivity contribution in [2.24, 2.45) is 5.73 Å². The molecule has 0 radical (unpaired) electrons. The fraction of sp³-hybridized carbons (Fsp3) is 0.167. The van der Waals surface area contributed by atoms with Crippen molar-refractivity contribution in [2.75, 3.05) is 20.3 Å². The van der Waals surface area contributed by atoms with E-state index in [1.165, 1.54) is 31.5 Å². The van der Waals surface area contributed by atoms with E-state index in [4.69, 9.17) is 22.7 Å². The second kappa shape index (κ2) is 9.39. The minimum Gasteiger partial charge on any atom is -0.482 e. The van der Waals surface area contributed by atoms with Gasteiger partial charge in [0.25, 0.3) is 5.91 Å². The third-order valence-electron chi connectivity index (χ3n) is 3.45. The van der Waals surface area contributed by atoms with Gasteiger partial charge >= 0.3 is 5.97 Å². The molecule has 1 aromatic heterocycles. The Morgan fingerprint density at radius 2 is 1.78 bits per heavy atom. The van der Waals surface area contributed by atoms with Crippen molar-refractivity contribution < 1.29 is 23.9 Å². The Labute approximate surface area is 160 Å². The zero-order valence-electron chi connectivity index (χ0n) is 14.4. The zero-order valence-corrected chi connectivity index (χ0v) is 15.2. The van der Waals surface area contributed by atoms with Gasteiger partial charge in [-0.2, -0.15) is 0 Å². The first-order chi connectivity index (χ1) is 12.9. The summed E-state index contributed by atoms with van der Waals surface area (Å²) in [6, 6.07) is 9.23. The van der Waals surface area contributed by atoms with Gasteiger partial charge in [-0.3, -0.25) is 14.6 Å². The van der Waals surface area contributed by atoms with Crippen molar-refractivity contribution in [3.8, 4) is 5.75 Å². The maximum atomic E-state index is 12.2. The monoisotopic (exact) mass is 387 g/mol. The number of benzene rings is 1. The number of amides is 1. The highest BCUT2D eigenvalue weighted by Gasteiger charge is 2.12. The van der Waals surface area contributed by atoms with Crippen LogP contribution in [-0.2, 0) is 9.53 Å². The SMILES string of the molecule is COC(=O)COc1ccc(C(=O)CNC(=O)c2ccc(C(N)=S)cn2)cc1. The summed E-state index contributed by atoms with van der Waals surface area (Å²) in [6.07, 6.45) is 1.39. The van der Waals surface area contributed by atoms with Gasteiger partial charge in [-0.25, -0.2) is 4.79 Å². The number of rotatable bonds is 8. The molecule has 0 spiro atoms. The van der Waals surface area contributed by atoms with Crippen molar-refractivity contribution in [2.45, 2.75) is 0 Å². The van der Waals surface area contributed by atoms with E-state index in [2.05, 4.69) is 15.0 Å². The molecule has 3 N–H and O–H groups in total. The molecule has 0 atom stereocenters.